The van der Waals surface area contributed by atoms with E-state index in [4.69, 9.17) is 23.2 Å². The molecule has 0 heterocycles. The number of carbonyl (C=O) groups excluding carboxylic acids is 4. The zero-order chi connectivity index (χ0) is 35.1. The molecule has 0 fully saturated rings. The molecule has 10 nitrogen and oxygen atoms in total. The van der Waals surface area contributed by atoms with E-state index >= 15 is 0 Å². The van der Waals surface area contributed by atoms with Crippen LogP contribution in [-0.2, 0) is 19.2 Å². The highest BCUT2D eigenvalue weighted by Gasteiger charge is 2.25. The fourth-order valence-electron chi connectivity index (χ4n) is 4.47. The number of anilines is 2. The maximum Gasteiger partial charge on any atom is 0.258 e. The molecule has 12 heteroatoms. The number of benzene rings is 4. The van der Waals surface area contributed by atoms with E-state index < -0.39 is 35.5 Å². The molecule has 0 bridgehead atoms. The summed E-state index contributed by atoms with van der Waals surface area (Å²) in [6, 6.07) is 18.1. The van der Waals surface area contributed by atoms with Crippen LogP contribution in [0.5, 0.6) is 0 Å². The van der Waals surface area contributed by atoms with Crippen LogP contribution in [0.15, 0.2) is 93.3 Å². The van der Waals surface area contributed by atoms with Gasteiger partial charge in [0.1, 0.15) is 11.4 Å². The Labute approximate surface area is 288 Å². The van der Waals surface area contributed by atoms with E-state index in [1.54, 1.807) is 48.5 Å². The Bertz CT molecular complexity index is 1830. The number of amides is 2. The maximum absolute atomic E-state index is 12.8. The second-order valence-electron chi connectivity index (χ2n) is 11.4. The van der Waals surface area contributed by atoms with Gasteiger partial charge < -0.3 is 10.6 Å². The summed E-state index contributed by atoms with van der Waals surface area (Å²) in [6.07, 6.45) is 0. The number of nitrogens with one attached hydrogen (secondary N) is 2. The number of halogens is 2. The number of ketones is 2. The third kappa shape index (κ3) is 9.05. The number of hydrogen-bond acceptors (Lipinski definition) is 8. The summed E-state index contributed by atoms with van der Waals surface area (Å²) in [5, 5.41) is 22.0. The van der Waals surface area contributed by atoms with Gasteiger partial charge in [0.2, 0.25) is 12.1 Å². The number of Topliss-reactive ketones (excluding diaryl/α,β-unsaturated/α-hetero) is 2. The van der Waals surface area contributed by atoms with Crippen molar-refractivity contribution >= 4 is 69.3 Å². The first-order valence-corrected chi connectivity index (χ1v) is 15.7. The first-order chi connectivity index (χ1) is 22.7. The van der Waals surface area contributed by atoms with E-state index in [1.165, 1.54) is 13.8 Å². The van der Waals surface area contributed by atoms with E-state index in [0.29, 0.717) is 22.5 Å². The number of hydrogen-bond donors (Lipinski definition) is 2. The molecular formula is C36H34Cl2N6O4. The fraction of sp³-hybridized carbons (Fsp3) is 0.222. The SMILES string of the molecule is CC(=O)C(N=Nc1ccc(-c2ccc(N=NC(C(C)=O)C(=O)Nc3ccc(C)c(C)c3)c(Cl)c2)cc1Cl)C(=O)Nc1ccc(C)c(C)c1. The molecule has 0 aromatic heterocycles. The summed E-state index contributed by atoms with van der Waals surface area (Å²) in [7, 11) is 0. The van der Waals surface area contributed by atoms with Gasteiger partial charge in [0, 0.05) is 11.4 Å². The number of aryl methyl sites for hydroxylation is 4. The Morgan fingerprint density at radius 1 is 0.542 bits per heavy atom. The van der Waals surface area contributed by atoms with Crippen LogP contribution in [0, 0.1) is 27.7 Å². The molecule has 246 valence electrons. The summed E-state index contributed by atoms with van der Waals surface area (Å²) >= 11 is 13.0. The molecule has 2 N–H and O–H groups in total. The molecule has 4 aromatic carbocycles. The highest BCUT2D eigenvalue weighted by molar-refractivity contribution is 6.34. The van der Waals surface area contributed by atoms with Crippen molar-refractivity contribution in [1.82, 2.24) is 0 Å². The molecule has 4 aromatic rings. The van der Waals surface area contributed by atoms with Gasteiger partial charge in [-0.05, 0) is 123 Å². The highest BCUT2D eigenvalue weighted by atomic mass is 35.5. The topological polar surface area (TPSA) is 142 Å². The van der Waals surface area contributed by atoms with Gasteiger partial charge in [-0.2, -0.15) is 20.5 Å². The average Bonchev–Trinajstić information content (AvgIpc) is 3.02. The largest absolute Gasteiger partial charge is 0.324 e. The lowest BCUT2D eigenvalue weighted by molar-refractivity contribution is -0.127. The van der Waals surface area contributed by atoms with Crippen LogP contribution >= 0.6 is 23.2 Å². The first kappa shape index (κ1) is 35.8. The molecule has 2 atom stereocenters. The zero-order valence-electron chi connectivity index (χ0n) is 27.3. The van der Waals surface area contributed by atoms with Crippen molar-refractivity contribution in [3.63, 3.8) is 0 Å². The molecule has 2 unspecified atom stereocenters. The van der Waals surface area contributed by atoms with Crippen molar-refractivity contribution in [3.05, 3.63) is 105 Å². The minimum Gasteiger partial charge on any atom is -0.324 e. The smallest absolute Gasteiger partial charge is 0.258 e. The van der Waals surface area contributed by atoms with Gasteiger partial charge in [0.15, 0.2) is 11.6 Å². The Morgan fingerprint density at radius 3 is 1.23 bits per heavy atom. The van der Waals surface area contributed by atoms with E-state index in [-0.39, 0.29) is 21.4 Å². The van der Waals surface area contributed by atoms with Crippen LogP contribution in [0.1, 0.15) is 36.1 Å². The Morgan fingerprint density at radius 2 is 0.917 bits per heavy atom. The minimum absolute atomic E-state index is 0.229. The van der Waals surface area contributed by atoms with E-state index in [1.807, 2.05) is 52.0 Å². The normalized spacial score (nSPS) is 12.6. The predicted molar refractivity (Wildman–Crippen MR) is 189 cm³/mol. The number of carbonyl (C=O) groups is 4. The lowest BCUT2D eigenvalue weighted by Gasteiger charge is -2.11. The van der Waals surface area contributed by atoms with Gasteiger partial charge in [-0.25, -0.2) is 0 Å². The number of azo groups is 2. The standard InChI is InChI=1S/C36H34Cl2N6O4/c1-19-7-11-27(15-21(19)3)39-35(47)33(23(5)45)43-41-31-13-9-25(17-29(31)37)26-10-14-32(30(38)18-26)42-44-34(24(6)46)36(48)40-28-12-8-20(2)22(4)16-28/h7-18,33-34H,1-6H3,(H,39,47)(H,40,48). The van der Waals surface area contributed by atoms with Crippen LogP contribution in [0.2, 0.25) is 10.0 Å². The molecule has 0 saturated heterocycles. The predicted octanol–water partition coefficient (Wildman–Crippen LogP) is 9.25. The van der Waals surface area contributed by atoms with Crippen LogP contribution in [-0.4, -0.2) is 35.5 Å². The van der Waals surface area contributed by atoms with Gasteiger partial charge in [-0.3, -0.25) is 19.2 Å². The van der Waals surface area contributed by atoms with Crippen LogP contribution in [0.25, 0.3) is 11.1 Å². The quantitative estimate of drug-likeness (QED) is 0.120. The second kappa shape index (κ2) is 15.7. The fourth-order valence-corrected chi connectivity index (χ4v) is 4.91. The Balaban J connectivity index is 1.46. The lowest BCUT2D eigenvalue weighted by Crippen LogP contribution is -2.31. The van der Waals surface area contributed by atoms with Gasteiger partial charge in [-0.15, -0.1) is 0 Å². The molecule has 4 rings (SSSR count). The second-order valence-corrected chi connectivity index (χ2v) is 12.2. The monoisotopic (exact) mass is 684 g/mol. The third-order valence-electron chi connectivity index (χ3n) is 7.61. The molecule has 2 amide bonds. The molecule has 0 aliphatic heterocycles. The van der Waals surface area contributed by atoms with Crippen LogP contribution < -0.4 is 10.6 Å². The van der Waals surface area contributed by atoms with Crippen molar-refractivity contribution in [2.75, 3.05) is 10.6 Å². The molecule has 0 saturated carbocycles. The van der Waals surface area contributed by atoms with Crippen LogP contribution in [0.3, 0.4) is 0 Å². The Kier molecular flexibility index (Phi) is 11.7. The van der Waals surface area contributed by atoms with Crippen molar-refractivity contribution < 1.29 is 19.2 Å². The first-order valence-electron chi connectivity index (χ1n) is 14.9. The van der Waals surface area contributed by atoms with Gasteiger partial charge in [-0.1, -0.05) is 47.5 Å². The third-order valence-corrected chi connectivity index (χ3v) is 8.21. The van der Waals surface area contributed by atoms with E-state index in [9.17, 15) is 19.2 Å². The lowest BCUT2D eigenvalue weighted by atomic mass is 10.0. The van der Waals surface area contributed by atoms with Crippen molar-refractivity contribution in [2.45, 2.75) is 53.6 Å². The summed E-state index contributed by atoms with van der Waals surface area (Å²) < 4.78 is 0. The summed E-state index contributed by atoms with van der Waals surface area (Å²) in [5.74, 6) is -2.16. The minimum atomic E-state index is -1.36. The maximum atomic E-state index is 12.8. The summed E-state index contributed by atoms with van der Waals surface area (Å²) in [5.41, 5.74) is 7.15. The number of nitrogens with zero attached hydrogens (tertiary/aromatic N) is 4. The number of rotatable bonds is 11. The van der Waals surface area contributed by atoms with Gasteiger partial charge in [0.25, 0.3) is 11.8 Å². The van der Waals surface area contributed by atoms with Crippen molar-refractivity contribution in [2.24, 2.45) is 20.5 Å². The van der Waals surface area contributed by atoms with E-state index in [0.717, 1.165) is 22.3 Å². The molecule has 0 aliphatic rings. The molecular weight excluding hydrogens is 651 g/mol. The van der Waals surface area contributed by atoms with Crippen LogP contribution in [0.4, 0.5) is 22.7 Å². The van der Waals surface area contributed by atoms with E-state index in [2.05, 4.69) is 31.1 Å². The molecule has 48 heavy (non-hydrogen) atoms. The van der Waals surface area contributed by atoms with Crippen molar-refractivity contribution in [3.8, 4) is 11.1 Å². The molecule has 0 radical (unpaired) electrons. The molecule has 0 aliphatic carbocycles. The highest BCUT2D eigenvalue weighted by Crippen LogP contribution is 2.35. The van der Waals surface area contributed by atoms with Gasteiger partial charge in [0.05, 0.1) is 10.0 Å². The van der Waals surface area contributed by atoms with Gasteiger partial charge >= 0.3 is 0 Å². The average molecular weight is 686 g/mol. The summed E-state index contributed by atoms with van der Waals surface area (Å²) in [6.45, 7) is 10.3. The molecule has 0 spiro atoms. The Hall–Kier alpha value is -5.06. The summed E-state index contributed by atoms with van der Waals surface area (Å²) in [4.78, 5) is 50.1. The zero-order valence-corrected chi connectivity index (χ0v) is 28.8. The van der Waals surface area contributed by atoms with Crippen molar-refractivity contribution in [1.29, 1.82) is 0 Å².